The van der Waals surface area contributed by atoms with E-state index in [0.29, 0.717) is 13.1 Å². The Morgan fingerprint density at radius 2 is 2.24 bits per heavy atom. The highest BCUT2D eigenvalue weighted by atomic mass is 32.1. The molecular formula is C13H12N2OS. The van der Waals surface area contributed by atoms with Crippen LogP contribution in [0.4, 0.5) is 0 Å². The molecule has 2 aromatic heterocycles. The Morgan fingerprint density at radius 3 is 2.94 bits per heavy atom. The molecule has 0 saturated carbocycles. The average molecular weight is 244 g/mol. The minimum Gasteiger partial charge on any atom is -0.328 e. The molecule has 0 saturated heterocycles. The Morgan fingerprint density at radius 1 is 1.35 bits per heavy atom. The van der Waals surface area contributed by atoms with Gasteiger partial charge in [-0.1, -0.05) is 6.07 Å². The van der Waals surface area contributed by atoms with Crippen molar-refractivity contribution in [3.63, 3.8) is 0 Å². The number of aromatic nitrogens is 1. The Kier molecular flexibility index (Phi) is 2.44. The van der Waals surface area contributed by atoms with Crippen LogP contribution in [-0.4, -0.2) is 15.8 Å². The van der Waals surface area contributed by atoms with E-state index in [1.807, 2.05) is 36.1 Å². The number of pyridine rings is 1. The van der Waals surface area contributed by atoms with Crippen molar-refractivity contribution >= 4 is 17.2 Å². The first-order valence-corrected chi connectivity index (χ1v) is 6.34. The number of carbonyl (C=O) groups excluding carboxylic acids is 1. The van der Waals surface area contributed by atoms with E-state index in [0.717, 1.165) is 16.1 Å². The van der Waals surface area contributed by atoms with Gasteiger partial charge in [0, 0.05) is 17.6 Å². The van der Waals surface area contributed by atoms with Crippen molar-refractivity contribution in [2.24, 2.45) is 0 Å². The Bertz CT molecular complexity index is 551. The van der Waals surface area contributed by atoms with Crippen LogP contribution >= 0.6 is 11.3 Å². The summed E-state index contributed by atoms with van der Waals surface area (Å²) in [5.41, 5.74) is 2.18. The first-order chi connectivity index (χ1) is 8.24. The Labute approximate surface area is 104 Å². The third-order valence-corrected chi connectivity index (χ3v) is 3.91. The summed E-state index contributed by atoms with van der Waals surface area (Å²) in [5, 5.41) is 0. The minimum atomic E-state index is 0.112. The van der Waals surface area contributed by atoms with Gasteiger partial charge in [0.15, 0.2) is 0 Å². The second-order valence-electron chi connectivity index (χ2n) is 4.18. The van der Waals surface area contributed by atoms with E-state index in [1.54, 1.807) is 17.5 Å². The van der Waals surface area contributed by atoms with Crippen LogP contribution in [-0.2, 0) is 13.1 Å². The lowest BCUT2D eigenvalue weighted by Gasteiger charge is -2.13. The van der Waals surface area contributed by atoms with Crippen LogP contribution < -0.4 is 0 Å². The number of rotatable bonds is 1. The van der Waals surface area contributed by atoms with Gasteiger partial charge in [0.2, 0.25) is 0 Å². The number of thiophene rings is 1. The number of fused-ring (bicyclic) bond motifs is 1. The molecule has 3 rings (SSSR count). The quantitative estimate of drug-likeness (QED) is 0.772. The normalized spacial score (nSPS) is 13.8. The van der Waals surface area contributed by atoms with E-state index in [-0.39, 0.29) is 5.91 Å². The molecule has 17 heavy (non-hydrogen) atoms. The van der Waals surface area contributed by atoms with Gasteiger partial charge in [-0.15, -0.1) is 11.3 Å². The van der Waals surface area contributed by atoms with Crippen molar-refractivity contribution < 1.29 is 4.79 Å². The van der Waals surface area contributed by atoms with E-state index in [4.69, 9.17) is 0 Å². The Balaban J connectivity index is 1.83. The molecule has 0 bridgehead atoms. The maximum atomic E-state index is 12.2. The van der Waals surface area contributed by atoms with Crippen molar-refractivity contribution in [2.45, 2.75) is 20.0 Å². The fraction of sp³-hybridized carbons (Fsp3) is 0.231. The standard InChI is InChI=1S/C13H12N2OS/c1-9-4-5-12(17-9)13(16)15-7-10-3-2-6-14-11(10)8-15/h2-6H,7-8H2,1H3. The molecule has 1 aliphatic heterocycles. The average Bonchev–Trinajstić information content (AvgIpc) is 2.93. The third-order valence-electron chi connectivity index (χ3n) is 2.92. The number of hydrogen-bond acceptors (Lipinski definition) is 3. The van der Waals surface area contributed by atoms with Crippen molar-refractivity contribution in [1.29, 1.82) is 0 Å². The SMILES string of the molecule is Cc1ccc(C(=O)N2Cc3cccnc3C2)s1. The molecule has 0 unspecified atom stereocenters. The Hall–Kier alpha value is -1.68. The van der Waals surface area contributed by atoms with Crippen molar-refractivity contribution in [3.8, 4) is 0 Å². The predicted octanol–water partition coefficient (Wildman–Crippen LogP) is 2.61. The van der Waals surface area contributed by atoms with Gasteiger partial charge in [-0.3, -0.25) is 9.78 Å². The molecule has 0 fully saturated rings. The van der Waals surface area contributed by atoms with E-state index in [1.165, 1.54) is 4.88 Å². The second kappa shape index (κ2) is 3.96. The molecule has 0 radical (unpaired) electrons. The fourth-order valence-corrected chi connectivity index (χ4v) is 2.88. The summed E-state index contributed by atoms with van der Waals surface area (Å²) < 4.78 is 0. The highest BCUT2D eigenvalue weighted by Gasteiger charge is 2.25. The molecule has 1 aliphatic rings. The summed E-state index contributed by atoms with van der Waals surface area (Å²) in [6.07, 6.45) is 1.78. The number of amides is 1. The summed E-state index contributed by atoms with van der Waals surface area (Å²) >= 11 is 1.55. The molecule has 0 atom stereocenters. The topological polar surface area (TPSA) is 33.2 Å². The van der Waals surface area contributed by atoms with Gasteiger partial charge in [0.25, 0.3) is 5.91 Å². The van der Waals surface area contributed by atoms with Crippen LogP contribution in [0.15, 0.2) is 30.5 Å². The van der Waals surface area contributed by atoms with Gasteiger partial charge in [0.05, 0.1) is 17.1 Å². The lowest BCUT2D eigenvalue weighted by molar-refractivity contribution is 0.0755. The number of hydrogen-bond donors (Lipinski definition) is 0. The zero-order chi connectivity index (χ0) is 11.8. The zero-order valence-corrected chi connectivity index (χ0v) is 10.3. The summed E-state index contributed by atoms with van der Waals surface area (Å²) in [5.74, 6) is 0.112. The van der Waals surface area contributed by atoms with Gasteiger partial charge in [-0.05, 0) is 30.7 Å². The molecule has 3 nitrogen and oxygen atoms in total. The molecule has 0 aliphatic carbocycles. The fourth-order valence-electron chi connectivity index (χ4n) is 2.05. The number of nitrogens with zero attached hydrogens (tertiary/aromatic N) is 2. The van der Waals surface area contributed by atoms with Crippen molar-refractivity contribution in [2.75, 3.05) is 0 Å². The van der Waals surface area contributed by atoms with Crippen LogP contribution in [0.2, 0.25) is 0 Å². The van der Waals surface area contributed by atoms with Crippen LogP contribution in [0.25, 0.3) is 0 Å². The molecule has 0 spiro atoms. The largest absolute Gasteiger partial charge is 0.328 e. The zero-order valence-electron chi connectivity index (χ0n) is 9.51. The van der Waals surface area contributed by atoms with E-state index in [2.05, 4.69) is 4.98 Å². The summed E-state index contributed by atoms with van der Waals surface area (Å²) in [6.45, 7) is 3.33. The molecule has 0 aromatic carbocycles. The molecule has 3 heterocycles. The first-order valence-electron chi connectivity index (χ1n) is 5.52. The van der Waals surface area contributed by atoms with E-state index in [9.17, 15) is 4.79 Å². The van der Waals surface area contributed by atoms with Gasteiger partial charge in [0.1, 0.15) is 0 Å². The minimum absolute atomic E-state index is 0.112. The number of aryl methyl sites for hydroxylation is 1. The maximum Gasteiger partial charge on any atom is 0.264 e. The monoisotopic (exact) mass is 244 g/mol. The third kappa shape index (κ3) is 1.85. The molecule has 2 aromatic rings. The number of carbonyl (C=O) groups is 1. The molecule has 1 amide bonds. The summed E-state index contributed by atoms with van der Waals surface area (Å²) in [4.78, 5) is 20.4. The lowest BCUT2D eigenvalue weighted by Crippen LogP contribution is -2.24. The summed E-state index contributed by atoms with van der Waals surface area (Å²) in [6, 6.07) is 7.84. The van der Waals surface area contributed by atoms with Crippen LogP contribution in [0.3, 0.4) is 0 Å². The molecule has 86 valence electrons. The smallest absolute Gasteiger partial charge is 0.264 e. The van der Waals surface area contributed by atoms with E-state index < -0.39 is 0 Å². The van der Waals surface area contributed by atoms with Crippen LogP contribution in [0.5, 0.6) is 0 Å². The molecule has 4 heteroatoms. The highest BCUT2D eigenvalue weighted by Crippen LogP contribution is 2.24. The van der Waals surface area contributed by atoms with Gasteiger partial charge >= 0.3 is 0 Å². The van der Waals surface area contributed by atoms with Gasteiger partial charge < -0.3 is 4.90 Å². The highest BCUT2D eigenvalue weighted by molar-refractivity contribution is 7.13. The summed E-state index contributed by atoms with van der Waals surface area (Å²) in [7, 11) is 0. The molecular weight excluding hydrogens is 232 g/mol. The van der Waals surface area contributed by atoms with E-state index >= 15 is 0 Å². The lowest BCUT2D eigenvalue weighted by atomic mass is 10.2. The second-order valence-corrected chi connectivity index (χ2v) is 5.47. The van der Waals surface area contributed by atoms with Crippen LogP contribution in [0, 0.1) is 6.92 Å². The molecule has 0 N–H and O–H groups in total. The maximum absolute atomic E-state index is 12.2. The van der Waals surface area contributed by atoms with Gasteiger partial charge in [-0.25, -0.2) is 0 Å². The van der Waals surface area contributed by atoms with Gasteiger partial charge in [-0.2, -0.15) is 0 Å². The predicted molar refractivity (Wildman–Crippen MR) is 66.9 cm³/mol. The van der Waals surface area contributed by atoms with Crippen molar-refractivity contribution in [3.05, 3.63) is 51.5 Å². The van der Waals surface area contributed by atoms with Crippen LogP contribution in [0.1, 0.15) is 25.8 Å². The van der Waals surface area contributed by atoms with Crippen molar-refractivity contribution in [1.82, 2.24) is 9.88 Å². The first kappa shape index (κ1) is 10.5.